The van der Waals surface area contributed by atoms with Crippen molar-refractivity contribution in [3.05, 3.63) is 41.5 Å². The lowest BCUT2D eigenvalue weighted by molar-refractivity contribution is -0.142. The zero-order valence-electron chi connectivity index (χ0n) is 12.0. The number of rotatable bonds is 6. The Morgan fingerprint density at radius 3 is 2.48 bits per heavy atom. The first kappa shape index (κ1) is 16.4. The number of carboxylic acids is 1. The fraction of sp³-hybridized carbons (Fsp3) is 0.312. The van der Waals surface area contributed by atoms with E-state index in [1.54, 1.807) is 37.3 Å². The minimum Gasteiger partial charge on any atom is -0.480 e. The molecule has 0 heterocycles. The number of amides is 1. The lowest BCUT2D eigenvalue weighted by Gasteiger charge is -2.19. The van der Waals surface area contributed by atoms with Crippen molar-refractivity contribution in [2.75, 3.05) is 0 Å². The maximum absolute atomic E-state index is 11.8. The van der Waals surface area contributed by atoms with Gasteiger partial charge in [-0.2, -0.15) is 5.26 Å². The first-order valence-corrected chi connectivity index (χ1v) is 6.69. The van der Waals surface area contributed by atoms with Gasteiger partial charge in [0.1, 0.15) is 6.04 Å². The summed E-state index contributed by atoms with van der Waals surface area (Å²) in [5.41, 5.74) is 1.30. The second kappa shape index (κ2) is 7.85. The smallest absolute Gasteiger partial charge is 0.326 e. The average molecular weight is 286 g/mol. The highest BCUT2D eigenvalue weighted by Crippen LogP contribution is 2.08. The van der Waals surface area contributed by atoms with E-state index in [4.69, 9.17) is 10.4 Å². The van der Waals surface area contributed by atoms with Crippen LogP contribution in [-0.2, 0) is 9.59 Å². The van der Waals surface area contributed by atoms with Gasteiger partial charge < -0.3 is 10.4 Å². The van der Waals surface area contributed by atoms with E-state index in [1.165, 1.54) is 6.08 Å². The predicted octanol–water partition coefficient (Wildman–Crippen LogP) is 2.19. The summed E-state index contributed by atoms with van der Waals surface area (Å²) in [6.07, 6.45) is 3.53. The zero-order chi connectivity index (χ0) is 15.8. The van der Waals surface area contributed by atoms with E-state index >= 15 is 0 Å². The molecule has 21 heavy (non-hydrogen) atoms. The van der Waals surface area contributed by atoms with Crippen LogP contribution in [0, 0.1) is 17.2 Å². The van der Waals surface area contributed by atoms with Crippen LogP contribution in [0.15, 0.2) is 30.3 Å². The van der Waals surface area contributed by atoms with Crippen molar-refractivity contribution in [3.63, 3.8) is 0 Å². The van der Waals surface area contributed by atoms with Crippen LogP contribution < -0.4 is 5.32 Å². The van der Waals surface area contributed by atoms with E-state index in [-0.39, 0.29) is 5.92 Å². The Morgan fingerprint density at radius 2 is 2.00 bits per heavy atom. The highest BCUT2D eigenvalue weighted by atomic mass is 16.4. The van der Waals surface area contributed by atoms with Gasteiger partial charge in [-0.05, 0) is 29.7 Å². The monoisotopic (exact) mass is 286 g/mol. The maximum atomic E-state index is 11.8. The number of nitrogens with one attached hydrogen (secondary N) is 1. The topological polar surface area (TPSA) is 90.2 Å². The third kappa shape index (κ3) is 5.11. The molecule has 0 aromatic heterocycles. The number of carbonyl (C=O) groups excluding carboxylic acids is 1. The summed E-state index contributed by atoms with van der Waals surface area (Å²) >= 11 is 0. The van der Waals surface area contributed by atoms with Gasteiger partial charge in [-0.3, -0.25) is 4.79 Å². The van der Waals surface area contributed by atoms with E-state index in [9.17, 15) is 9.59 Å². The van der Waals surface area contributed by atoms with Gasteiger partial charge in [-0.25, -0.2) is 4.79 Å². The molecule has 1 aromatic rings. The molecule has 5 nitrogen and oxygen atoms in total. The molecule has 5 heteroatoms. The van der Waals surface area contributed by atoms with Crippen molar-refractivity contribution >= 4 is 18.0 Å². The molecule has 1 aromatic carbocycles. The van der Waals surface area contributed by atoms with Crippen molar-refractivity contribution in [3.8, 4) is 6.07 Å². The summed E-state index contributed by atoms with van der Waals surface area (Å²) in [5, 5.41) is 20.3. The van der Waals surface area contributed by atoms with E-state index in [0.29, 0.717) is 12.0 Å². The molecule has 0 radical (unpaired) electrons. The molecule has 0 aliphatic carbocycles. The molecule has 0 aliphatic rings. The van der Waals surface area contributed by atoms with Crippen LogP contribution in [0.4, 0.5) is 0 Å². The number of carboxylic acid groups (broad SMARTS) is 1. The van der Waals surface area contributed by atoms with E-state index in [0.717, 1.165) is 5.56 Å². The van der Waals surface area contributed by atoms with Gasteiger partial charge >= 0.3 is 5.97 Å². The first-order chi connectivity index (χ1) is 9.97. The minimum atomic E-state index is -1.04. The number of benzene rings is 1. The number of aliphatic carboxylic acids is 1. The molecular weight excluding hydrogens is 268 g/mol. The molecule has 110 valence electrons. The van der Waals surface area contributed by atoms with E-state index in [1.807, 2.05) is 13.0 Å². The van der Waals surface area contributed by atoms with Crippen molar-refractivity contribution in [1.82, 2.24) is 5.32 Å². The SMILES string of the molecule is CCC(C)[C@H](NC(=O)/C=C/c1ccc(C#N)cc1)C(=O)O. The number of carbonyl (C=O) groups is 2. The number of hydrogen-bond donors (Lipinski definition) is 2. The van der Waals surface area contributed by atoms with Crippen LogP contribution in [0.3, 0.4) is 0 Å². The van der Waals surface area contributed by atoms with Gasteiger partial charge in [0.05, 0.1) is 11.6 Å². The summed E-state index contributed by atoms with van der Waals surface area (Å²) in [5.74, 6) is -1.63. The quantitative estimate of drug-likeness (QED) is 0.784. The first-order valence-electron chi connectivity index (χ1n) is 6.69. The standard InChI is InChI=1S/C16H18N2O3/c1-3-11(2)15(16(20)21)18-14(19)9-8-12-4-6-13(10-17)7-5-12/h4-9,11,15H,3H2,1-2H3,(H,18,19)(H,20,21)/b9-8+/t11?,15-/m0/s1. The minimum absolute atomic E-state index is 0.144. The van der Waals surface area contributed by atoms with Crippen LogP contribution in [0.25, 0.3) is 6.08 Å². The molecule has 1 unspecified atom stereocenters. The van der Waals surface area contributed by atoms with Crippen LogP contribution in [-0.4, -0.2) is 23.0 Å². The Balaban J connectivity index is 2.69. The molecule has 1 amide bonds. The third-order valence-corrected chi connectivity index (χ3v) is 3.24. The second-order valence-corrected chi connectivity index (χ2v) is 4.78. The molecule has 0 fully saturated rings. The van der Waals surface area contributed by atoms with Crippen LogP contribution in [0.2, 0.25) is 0 Å². The Hall–Kier alpha value is -2.61. The van der Waals surface area contributed by atoms with Gasteiger partial charge in [-0.15, -0.1) is 0 Å². The number of hydrogen-bond acceptors (Lipinski definition) is 3. The van der Waals surface area contributed by atoms with Crippen LogP contribution in [0.5, 0.6) is 0 Å². The fourth-order valence-corrected chi connectivity index (χ4v) is 1.73. The highest BCUT2D eigenvalue weighted by Gasteiger charge is 2.24. The summed E-state index contributed by atoms with van der Waals surface area (Å²) in [4.78, 5) is 22.9. The fourth-order valence-electron chi connectivity index (χ4n) is 1.73. The molecule has 2 atom stereocenters. The normalized spacial score (nSPS) is 13.4. The van der Waals surface area contributed by atoms with E-state index < -0.39 is 17.9 Å². The summed E-state index contributed by atoms with van der Waals surface area (Å²) < 4.78 is 0. The molecule has 2 N–H and O–H groups in total. The van der Waals surface area contributed by atoms with Crippen LogP contribution >= 0.6 is 0 Å². The molecule has 0 bridgehead atoms. The largest absolute Gasteiger partial charge is 0.480 e. The Labute approximate surface area is 123 Å². The van der Waals surface area contributed by atoms with Gasteiger partial charge in [0.25, 0.3) is 0 Å². The van der Waals surface area contributed by atoms with Gasteiger partial charge in [0, 0.05) is 6.08 Å². The molecule has 0 saturated carbocycles. The third-order valence-electron chi connectivity index (χ3n) is 3.24. The summed E-state index contributed by atoms with van der Waals surface area (Å²) in [6.45, 7) is 3.66. The van der Waals surface area contributed by atoms with Crippen LogP contribution in [0.1, 0.15) is 31.4 Å². The van der Waals surface area contributed by atoms with Crippen molar-refractivity contribution in [1.29, 1.82) is 5.26 Å². The Kier molecular flexibility index (Phi) is 6.15. The predicted molar refractivity (Wildman–Crippen MR) is 79.2 cm³/mol. The number of nitriles is 1. The Bertz CT molecular complexity index is 570. The second-order valence-electron chi connectivity index (χ2n) is 4.78. The van der Waals surface area contributed by atoms with Gasteiger partial charge in [0.15, 0.2) is 0 Å². The van der Waals surface area contributed by atoms with Crippen molar-refractivity contribution in [2.45, 2.75) is 26.3 Å². The lowest BCUT2D eigenvalue weighted by Crippen LogP contribution is -2.44. The maximum Gasteiger partial charge on any atom is 0.326 e. The molecule has 0 saturated heterocycles. The molecule has 1 rings (SSSR count). The summed E-state index contributed by atoms with van der Waals surface area (Å²) in [7, 11) is 0. The average Bonchev–Trinajstić information content (AvgIpc) is 2.50. The summed E-state index contributed by atoms with van der Waals surface area (Å²) in [6, 6.07) is 7.84. The highest BCUT2D eigenvalue weighted by molar-refractivity contribution is 5.94. The van der Waals surface area contributed by atoms with Crippen molar-refractivity contribution < 1.29 is 14.7 Å². The van der Waals surface area contributed by atoms with Gasteiger partial charge in [0.2, 0.25) is 5.91 Å². The molecule has 0 aliphatic heterocycles. The molecule has 0 spiro atoms. The van der Waals surface area contributed by atoms with E-state index in [2.05, 4.69) is 5.32 Å². The van der Waals surface area contributed by atoms with Crippen molar-refractivity contribution in [2.24, 2.45) is 5.92 Å². The molecular formula is C16H18N2O3. The Morgan fingerprint density at radius 1 is 1.38 bits per heavy atom. The van der Waals surface area contributed by atoms with Gasteiger partial charge in [-0.1, -0.05) is 32.4 Å². The zero-order valence-corrected chi connectivity index (χ0v) is 12.0. The lowest BCUT2D eigenvalue weighted by atomic mass is 9.99. The number of nitrogens with zero attached hydrogens (tertiary/aromatic N) is 1.